The maximum Gasteiger partial charge on any atom is 0.258 e. The van der Waals surface area contributed by atoms with Gasteiger partial charge in [-0.25, -0.2) is 13.4 Å². The first kappa shape index (κ1) is 19.3. The van der Waals surface area contributed by atoms with E-state index in [0.29, 0.717) is 17.9 Å². The molecule has 1 fully saturated rings. The van der Waals surface area contributed by atoms with Crippen LogP contribution in [0.4, 0.5) is 5.69 Å². The number of sulfone groups is 1. The van der Waals surface area contributed by atoms with Gasteiger partial charge in [-0.2, -0.15) is 0 Å². The van der Waals surface area contributed by atoms with E-state index in [2.05, 4.69) is 11.1 Å². The Morgan fingerprint density at radius 1 is 1.17 bits per heavy atom. The van der Waals surface area contributed by atoms with Crippen LogP contribution >= 0.6 is 11.8 Å². The molecule has 1 aromatic carbocycles. The number of aryl methyl sites for hydroxylation is 1. The van der Waals surface area contributed by atoms with Gasteiger partial charge in [0.25, 0.3) is 5.56 Å². The molecule has 3 aromatic rings. The second-order valence-electron chi connectivity index (χ2n) is 7.65. The van der Waals surface area contributed by atoms with Crippen molar-refractivity contribution in [2.75, 3.05) is 16.4 Å². The normalized spacial score (nSPS) is 22.1. The van der Waals surface area contributed by atoms with Crippen LogP contribution in [0.15, 0.2) is 64.5 Å². The van der Waals surface area contributed by atoms with Crippen molar-refractivity contribution in [1.29, 1.82) is 0 Å². The van der Waals surface area contributed by atoms with Crippen molar-refractivity contribution in [2.24, 2.45) is 4.99 Å². The molecule has 1 saturated heterocycles. The minimum absolute atomic E-state index is 0.0486. The second-order valence-corrected chi connectivity index (χ2v) is 11.0. The lowest BCUT2D eigenvalue weighted by Gasteiger charge is -2.24. The molecule has 2 aliphatic rings. The molecule has 30 heavy (non-hydrogen) atoms. The van der Waals surface area contributed by atoms with E-state index in [0.717, 1.165) is 16.4 Å². The molecule has 2 aliphatic heterocycles. The summed E-state index contributed by atoms with van der Waals surface area (Å²) in [6, 6.07) is 14.8. The highest BCUT2D eigenvalue weighted by atomic mass is 32.2. The van der Waals surface area contributed by atoms with E-state index >= 15 is 0 Å². The van der Waals surface area contributed by atoms with E-state index in [1.807, 2.05) is 36.1 Å². The van der Waals surface area contributed by atoms with Crippen molar-refractivity contribution in [3.63, 3.8) is 0 Å². The van der Waals surface area contributed by atoms with Crippen molar-refractivity contribution in [3.8, 4) is 0 Å². The molecule has 0 bridgehead atoms. The number of aliphatic imine (C=N–C) groups is 1. The number of aromatic nitrogens is 2. The summed E-state index contributed by atoms with van der Waals surface area (Å²) < 4.78 is 25.4. The zero-order chi connectivity index (χ0) is 20.9. The van der Waals surface area contributed by atoms with Crippen molar-refractivity contribution in [2.45, 2.75) is 24.8 Å². The highest BCUT2D eigenvalue weighted by Gasteiger charge is 2.44. The Hall–Kier alpha value is -2.65. The van der Waals surface area contributed by atoms with Gasteiger partial charge in [0, 0.05) is 23.2 Å². The minimum atomic E-state index is -3.02. The van der Waals surface area contributed by atoms with Gasteiger partial charge in [0.15, 0.2) is 15.0 Å². The molecule has 0 aliphatic carbocycles. The standard InChI is InChI=1S/C21H20N4O3S2/c1-14-5-4-6-16(9-14)25(21-23-17-12-30(27,28)13-18(17)29-21)11-15-10-20(26)24-8-3-2-7-19(24)22-15/h2-10,17-18H,11-13H2,1H3/t17-,18-/m0/s1. The predicted octanol–water partition coefficient (Wildman–Crippen LogP) is 2.28. The fourth-order valence-electron chi connectivity index (χ4n) is 3.88. The van der Waals surface area contributed by atoms with E-state index in [-0.39, 0.29) is 28.4 Å². The minimum Gasteiger partial charge on any atom is -0.315 e. The van der Waals surface area contributed by atoms with Crippen LogP contribution in [0.5, 0.6) is 0 Å². The Morgan fingerprint density at radius 2 is 2.03 bits per heavy atom. The van der Waals surface area contributed by atoms with E-state index in [4.69, 9.17) is 4.99 Å². The number of thioether (sulfide) groups is 1. The molecule has 4 heterocycles. The molecule has 2 atom stereocenters. The molecule has 0 N–H and O–H groups in total. The summed E-state index contributed by atoms with van der Waals surface area (Å²) in [5, 5.41) is 0.730. The largest absolute Gasteiger partial charge is 0.315 e. The van der Waals surface area contributed by atoms with Crippen LogP contribution in [0.1, 0.15) is 11.3 Å². The summed E-state index contributed by atoms with van der Waals surface area (Å²) in [6.07, 6.45) is 1.70. The van der Waals surface area contributed by atoms with Crippen LogP contribution in [-0.4, -0.2) is 45.8 Å². The Labute approximate surface area is 178 Å². The van der Waals surface area contributed by atoms with Crippen LogP contribution in [0.25, 0.3) is 5.65 Å². The average molecular weight is 441 g/mol. The predicted molar refractivity (Wildman–Crippen MR) is 120 cm³/mol. The number of hydrogen-bond donors (Lipinski definition) is 0. The van der Waals surface area contributed by atoms with Crippen molar-refractivity contribution in [3.05, 3.63) is 76.3 Å². The molecule has 2 aromatic heterocycles. The first-order valence-electron chi connectivity index (χ1n) is 9.64. The lowest BCUT2D eigenvalue weighted by Crippen LogP contribution is -2.29. The molecule has 9 heteroatoms. The van der Waals surface area contributed by atoms with E-state index < -0.39 is 9.84 Å². The SMILES string of the molecule is Cc1cccc(N(Cc2cc(=O)n3ccccc3n2)C2=N[C@H]3CS(=O)(=O)C[C@@H]3S2)c1. The number of amidine groups is 1. The Kier molecular flexibility index (Phi) is 4.67. The quantitative estimate of drug-likeness (QED) is 0.621. The zero-order valence-electron chi connectivity index (χ0n) is 16.3. The van der Waals surface area contributed by atoms with Gasteiger partial charge in [-0.1, -0.05) is 30.0 Å². The summed E-state index contributed by atoms with van der Waals surface area (Å²) in [5.74, 6) is 0.262. The molecule has 5 rings (SSSR count). The number of hydrogen-bond acceptors (Lipinski definition) is 7. The summed E-state index contributed by atoms with van der Waals surface area (Å²) in [5.41, 5.74) is 3.15. The van der Waals surface area contributed by atoms with Gasteiger partial charge in [-0.3, -0.25) is 14.2 Å². The molecule has 0 unspecified atom stereocenters. The van der Waals surface area contributed by atoms with Gasteiger partial charge in [0.2, 0.25) is 0 Å². The maximum absolute atomic E-state index is 12.5. The fraction of sp³-hybridized carbons (Fsp3) is 0.286. The number of benzene rings is 1. The third kappa shape index (κ3) is 3.63. The average Bonchev–Trinajstić information content (AvgIpc) is 3.19. The molecule has 0 saturated carbocycles. The summed E-state index contributed by atoms with van der Waals surface area (Å²) in [7, 11) is -3.02. The highest BCUT2D eigenvalue weighted by Crippen LogP contribution is 2.37. The number of rotatable bonds is 3. The molecular formula is C21H20N4O3S2. The first-order valence-corrected chi connectivity index (χ1v) is 12.3. The van der Waals surface area contributed by atoms with Gasteiger partial charge in [-0.05, 0) is 36.8 Å². The van der Waals surface area contributed by atoms with Crippen molar-refractivity contribution in [1.82, 2.24) is 9.38 Å². The number of nitrogens with zero attached hydrogens (tertiary/aromatic N) is 4. The lowest BCUT2D eigenvalue weighted by molar-refractivity contribution is 0.601. The number of anilines is 1. The van der Waals surface area contributed by atoms with E-state index in [1.54, 1.807) is 24.4 Å². The first-order chi connectivity index (χ1) is 14.4. The Morgan fingerprint density at radius 3 is 2.83 bits per heavy atom. The van der Waals surface area contributed by atoms with Crippen LogP contribution < -0.4 is 10.5 Å². The molecule has 154 valence electrons. The van der Waals surface area contributed by atoms with Gasteiger partial charge in [0.1, 0.15) is 5.65 Å². The second kappa shape index (κ2) is 7.24. The number of pyridine rings is 1. The molecular weight excluding hydrogens is 420 g/mol. The van der Waals surface area contributed by atoms with Gasteiger partial charge >= 0.3 is 0 Å². The summed E-state index contributed by atoms with van der Waals surface area (Å²) >= 11 is 1.51. The molecule has 0 spiro atoms. The fourth-order valence-corrected chi connectivity index (χ4v) is 7.66. The monoisotopic (exact) mass is 440 g/mol. The molecule has 7 nitrogen and oxygen atoms in total. The third-order valence-electron chi connectivity index (χ3n) is 5.29. The van der Waals surface area contributed by atoms with Crippen molar-refractivity contribution >= 4 is 38.1 Å². The maximum atomic E-state index is 12.5. The van der Waals surface area contributed by atoms with E-state index in [9.17, 15) is 13.2 Å². The van der Waals surface area contributed by atoms with Crippen LogP contribution in [0, 0.1) is 6.92 Å². The van der Waals surface area contributed by atoms with Crippen molar-refractivity contribution < 1.29 is 8.42 Å². The highest BCUT2D eigenvalue weighted by molar-refractivity contribution is 8.15. The molecule has 0 amide bonds. The number of fused-ring (bicyclic) bond motifs is 2. The van der Waals surface area contributed by atoms with Gasteiger partial charge < -0.3 is 4.90 Å². The van der Waals surface area contributed by atoms with Gasteiger partial charge in [0.05, 0.1) is 29.8 Å². The molecule has 0 radical (unpaired) electrons. The lowest BCUT2D eigenvalue weighted by atomic mass is 10.2. The zero-order valence-corrected chi connectivity index (χ0v) is 17.9. The smallest absolute Gasteiger partial charge is 0.258 e. The Bertz CT molecular complexity index is 1330. The van der Waals surface area contributed by atoms with E-state index in [1.165, 1.54) is 16.2 Å². The van der Waals surface area contributed by atoms with Crippen LogP contribution in [-0.2, 0) is 16.4 Å². The summed E-state index contributed by atoms with van der Waals surface area (Å²) in [6.45, 7) is 2.40. The third-order valence-corrected chi connectivity index (χ3v) is 8.54. The van der Waals surface area contributed by atoms with Gasteiger partial charge in [-0.15, -0.1) is 0 Å². The summed E-state index contributed by atoms with van der Waals surface area (Å²) in [4.78, 5) is 24.0. The topological polar surface area (TPSA) is 84.1 Å². The van der Waals surface area contributed by atoms with Crippen LogP contribution in [0.3, 0.4) is 0 Å². The Balaban J connectivity index is 1.54. The van der Waals surface area contributed by atoms with Crippen LogP contribution in [0.2, 0.25) is 0 Å².